The molecule has 0 amide bonds. The van der Waals surface area contributed by atoms with E-state index < -0.39 is 0 Å². The van der Waals surface area contributed by atoms with Crippen LogP contribution in [0.5, 0.6) is 0 Å². The molecule has 2 rings (SSSR count). The zero-order chi connectivity index (χ0) is 14.8. The maximum atomic E-state index is 5.79. The molecular weight excluding hydrogens is 314 g/mol. The number of anilines is 2. The van der Waals surface area contributed by atoms with Gasteiger partial charge in [-0.15, -0.1) is 0 Å². The van der Waals surface area contributed by atoms with Gasteiger partial charge in [0.05, 0.1) is 11.4 Å². The number of nitrogens with zero attached hydrogens (tertiary/aromatic N) is 1. The lowest BCUT2D eigenvalue weighted by Gasteiger charge is -2.27. The van der Waals surface area contributed by atoms with Crippen LogP contribution in [0, 0.1) is 6.92 Å². The second-order valence-corrected chi connectivity index (χ2v) is 6.44. The standard InChI is InChI=1S/C16H20BrN3/c1-11-14(18)8-9-15(20-11)19-10-16(2,3)12-6-4-5-7-13(12)17/h4-9H,10,18H2,1-3H3,(H,19,20). The van der Waals surface area contributed by atoms with Crippen LogP contribution in [0.1, 0.15) is 25.1 Å². The van der Waals surface area contributed by atoms with E-state index in [-0.39, 0.29) is 5.41 Å². The summed E-state index contributed by atoms with van der Waals surface area (Å²) >= 11 is 3.62. The number of halogens is 1. The van der Waals surface area contributed by atoms with Crippen LogP contribution in [0.3, 0.4) is 0 Å². The Bertz CT molecular complexity index is 608. The molecular formula is C16H20BrN3. The van der Waals surface area contributed by atoms with Crippen LogP contribution in [0.4, 0.5) is 11.5 Å². The molecule has 1 aromatic carbocycles. The Kier molecular flexibility index (Phi) is 4.33. The number of pyridine rings is 1. The fourth-order valence-electron chi connectivity index (χ4n) is 2.09. The van der Waals surface area contributed by atoms with Crippen LogP contribution in [0.15, 0.2) is 40.9 Å². The average Bonchev–Trinajstić information content (AvgIpc) is 2.40. The van der Waals surface area contributed by atoms with E-state index in [9.17, 15) is 0 Å². The maximum absolute atomic E-state index is 5.79. The largest absolute Gasteiger partial charge is 0.397 e. The van der Waals surface area contributed by atoms with Crippen molar-refractivity contribution >= 4 is 27.4 Å². The molecule has 1 heterocycles. The summed E-state index contributed by atoms with van der Waals surface area (Å²) < 4.78 is 1.13. The summed E-state index contributed by atoms with van der Waals surface area (Å²) in [6, 6.07) is 12.1. The summed E-state index contributed by atoms with van der Waals surface area (Å²) in [5, 5.41) is 3.39. The number of benzene rings is 1. The SMILES string of the molecule is Cc1nc(NCC(C)(C)c2ccccc2Br)ccc1N. The van der Waals surface area contributed by atoms with Crippen LogP contribution in [-0.2, 0) is 5.41 Å². The van der Waals surface area contributed by atoms with E-state index in [1.165, 1.54) is 5.56 Å². The van der Waals surface area contributed by atoms with E-state index in [0.29, 0.717) is 0 Å². The Morgan fingerprint density at radius 2 is 1.90 bits per heavy atom. The molecule has 0 bridgehead atoms. The molecule has 0 atom stereocenters. The minimum atomic E-state index is -0.00291. The smallest absolute Gasteiger partial charge is 0.126 e. The predicted octanol–water partition coefficient (Wildman–Crippen LogP) is 4.12. The third-order valence-corrected chi connectivity index (χ3v) is 4.13. The Hall–Kier alpha value is -1.55. The summed E-state index contributed by atoms with van der Waals surface area (Å²) in [6.07, 6.45) is 0. The molecule has 1 aromatic heterocycles. The van der Waals surface area contributed by atoms with Crippen molar-refractivity contribution in [3.8, 4) is 0 Å². The number of hydrogen-bond acceptors (Lipinski definition) is 3. The second-order valence-electron chi connectivity index (χ2n) is 5.59. The van der Waals surface area contributed by atoms with E-state index in [0.717, 1.165) is 28.2 Å². The lowest BCUT2D eigenvalue weighted by Crippen LogP contribution is -2.28. The highest BCUT2D eigenvalue weighted by atomic mass is 79.9. The minimum absolute atomic E-state index is 0.00291. The van der Waals surface area contributed by atoms with Crippen molar-refractivity contribution in [2.75, 3.05) is 17.6 Å². The topological polar surface area (TPSA) is 50.9 Å². The van der Waals surface area contributed by atoms with E-state index in [1.807, 2.05) is 25.1 Å². The van der Waals surface area contributed by atoms with Crippen molar-refractivity contribution in [2.24, 2.45) is 0 Å². The number of aryl methyl sites for hydroxylation is 1. The molecule has 20 heavy (non-hydrogen) atoms. The molecule has 0 saturated carbocycles. The third kappa shape index (κ3) is 3.31. The van der Waals surface area contributed by atoms with Crippen molar-refractivity contribution in [2.45, 2.75) is 26.2 Å². The lowest BCUT2D eigenvalue weighted by atomic mass is 9.84. The molecule has 0 spiro atoms. The average molecular weight is 334 g/mol. The Balaban J connectivity index is 2.13. The Morgan fingerprint density at radius 3 is 2.55 bits per heavy atom. The summed E-state index contributed by atoms with van der Waals surface area (Å²) in [7, 11) is 0. The van der Waals surface area contributed by atoms with Gasteiger partial charge in [0.25, 0.3) is 0 Å². The number of nitrogen functional groups attached to an aromatic ring is 1. The molecule has 0 radical (unpaired) electrons. The minimum Gasteiger partial charge on any atom is -0.397 e. The van der Waals surface area contributed by atoms with Gasteiger partial charge in [-0.25, -0.2) is 4.98 Å². The highest BCUT2D eigenvalue weighted by molar-refractivity contribution is 9.10. The molecule has 3 nitrogen and oxygen atoms in total. The summed E-state index contributed by atoms with van der Waals surface area (Å²) in [4.78, 5) is 4.44. The predicted molar refractivity (Wildman–Crippen MR) is 89.0 cm³/mol. The summed E-state index contributed by atoms with van der Waals surface area (Å²) in [5.41, 5.74) is 8.64. The van der Waals surface area contributed by atoms with Gasteiger partial charge in [0.2, 0.25) is 0 Å². The fourth-order valence-corrected chi connectivity index (χ4v) is 2.91. The van der Waals surface area contributed by atoms with Gasteiger partial charge in [0.1, 0.15) is 5.82 Å². The van der Waals surface area contributed by atoms with Gasteiger partial charge in [-0.3, -0.25) is 0 Å². The Labute approximate surface area is 128 Å². The van der Waals surface area contributed by atoms with E-state index in [2.05, 4.69) is 58.3 Å². The highest BCUT2D eigenvalue weighted by Gasteiger charge is 2.22. The first-order valence-corrected chi connectivity index (χ1v) is 7.41. The number of rotatable bonds is 4. The molecule has 0 aliphatic heterocycles. The van der Waals surface area contributed by atoms with Crippen LogP contribution in [0.25, 0.3) is 0 Å². The number of aromatic nitrogens is 1. The Morgan fingerprint density at radius 1 is 1.20 bits per heavy atom. The summed E-state index contributed by atoms with van der Waals surface area (Å²) in [6.45, 7) is 7.14. The first-order chi connectivity index (χ1) is 9.40. The van der Waals surface area contributed by atoms with Gasteiger partial charge in [-0.1, -0.05) is 48.0 Å². The molecule has 0 saturated heterocycles. The van der Waals surface area contributed by atoms with Crippen LogP contribution < -0.4 is 11.1 Å². The third-order valence-electron chi connectivity index (χ3n) is 3.44. The fraction of sp³-hybridized carbons (Fsp3) is 0.312. The van der Waals surface area contributed by atoms with E-state index in [4.69, 9.17) is 5.73 Å². The summed E-state index contributed by atoms with van der Waals surface area (Å²) in [5.74, 6) is 0.858. The van der Waals surface area contributed by atoms with Gasteiger partial charge in [-0.2, -0.15) is 0 Å². The van der Waals surface area contributed by atoms with Crippen molar-refractivity contribution in [3.05, 3.63) is 52.1 Å². The quantitative estimate of drug-likeness (QED) is 0.884. The molecule has 106 valence electrons. The van der Waals surface area contributed by atoms with Gasteiger partial charge in [-0.05, 0) is 30.7 Å². The maximum Gasteiger partial charge on any atom is 0.126 e. The van der Waals surface area contributed by atoms with Gasteiger partial charge >= 0.3 is 0 Å². The normalized spacial score (nSPS) is 11.4. The molecule has 4 heteroatoms. The molecule has 0 aliphatic rings. The van der Waals surface area contributed by atoms with Gasteiger partial charge < -0.3 is 11.1 Å². The second kappa shape index (κ2) is 5.83. The zero-order valence-electron chi connectivity index (χ0n) is 12.1. The lowest BCUT2D eigenvalue weighted by molar-refractivity contribution is 0.553. The van der Waals surface area contributed by atoms with Crippen molar-refractivity contribution in [3.63, 3.8) is 0 Å². The zero-order valence-corrected chi connectivity index (χ0v) is 13.7. The van der Waals surface area contributed by atoms with Crippen LogP contribution >= 0.6 is 15.9 Å². The monoisotopic (exact) mass is 333 g/mol. The number of nitrogens with one attached hydrogen (secondary N) is 1. The van der Waals surface area contributed by atoms with Gasteiger partial charge in [0, 0.05) is 16.4 Å². The number of hydrogen-bond donors (Lipinski definition) is 2. The van der Waals surface area contributed by atoms with Crippen molar-refractivity contribution < 1.29 is 0 Å². The van der Waals surface area contributed by atoms with Crippen LogP contribution in [0.2, 0.25) is 0 Å². The highest BCUT2D eigenvalue weighted by Crippen LogP contribution is 2.30. The van der Waals surface area contributed by atoms with Crippen LogP contribution in [-0.4, -0.2) is 11.5 Å². The molecule has 0 fully saturated rings. The molecule has 0 unspecified atom stereocenters. The molecule has 2 aromatic rings. The van der Waals surface area contributed by atoms with E-state index >= 15 is 0 Å². The van der Waals surface area contributed by atoms with Crippen molar-refractivity contribution in [1.29, 1.82) is 0 Å². The van der Waals surface area contributed by atoms with Gasteiger partial charge in [0.15, 0.2) is 0 Å². The molecule has 3 N–H and O–H groups in total. The van der Waals surface area contributed by atoms with E-state index in [1.54, 1.807) is 0 Å². The number of nitrogens with two attached hydrogens (primary N) is 1. The first-order valence-electron chi connectivity index (χ1n) is 6.62. The first kappa shape index (κ1) is 14.9. The van der Waals surface area contributed by atoms with Crippen molar-refractivity contribution in [1.82, 2.24) is 4.98 Å². The molecule has 0 aliphatic carbocycles.